The second kappa shape index (κ2) is 4.91. The van der Waals surface area contributed by atoms with Crippen molar-refractivity contribution in [2.75, 3.05) is 26.2 Å². The summed E-state index contributed by atoms with van der Waals surface area (Å²) in [6.45, 7) is 6.02. The third-order valence-corrected chi connectivity index (χ3v) is 2.13. The van der Waals surface area contributed by atoms with Gasteiger partial charge in [-0.1, -0.05) is 0 Å². The molecule has 1 saturated heterocycles. The highest BCUT2D eigenvalue weighted by Gasteiger charge is 2.24. The summed E-state index contributed by atoms with van der Waals surface area (Å²) >= 11 is 0. The summed E-state index contributed by atoms with van der Waals surface area (Å²) in [5.74, 6) is 0. The molecule has 0 radical (unpaired) electrons. The highest BCUT2D eigenvalue weighted by Crippen LogP contribution is 2.10. The Labute approximate surface area is 79.1 Å². The van der Waals surface area contributed by atoms with Crippen molar-refractivity contribution < 1.29 is 14.9 Å². The molecule has 0 spiro atoms. The van der Waals surface area contributed by atoms with Gasteiger partial charge in [-0.2, -0.15) is 0 Å². The lowest BCUT2D eigenvalue weighted by atomic mass is 10.2. The number of aliphatic hydroxyl groups excluding tert-OH is 2. The van der Waals surface area contributed by atoms with Gasteiger partial charge < -0.3 is 14.9 Å². The molecule has 0 aromatic carbocycles. The lowest BCUT2D eigenvalue weighted by Crippen LogP contribution is -2.49. The number of hydrogen-bond donors (Lipinski definition) is 2. The first kappa shape index (κ1) is 10.9. The fraction of sp³-hybridized carbons (Fsp3) is 1.00. The second-order valence-electron chi connectivity index (χ2n) is 3.82. The van der Waals surface area contributed by atoms with Crippen LogP contribution in [-0.2, 0) is 4.74 Å². The van der Waals surface area contributed by atoms with Crippen molar-refractivity contribution >= 4 is 0 Å². The molecular weight excluding hydrogens is 170 g/mol. The molecular formula is C9H19NO3. The van der Waals surface area contributed by atoms with Crippen molar-refractivity contribution in [1.82, 2.24) is 4.90 Å². The summed E-state index contributed by atoms with van der Waals surface area (Å²) in [5.41, 5.74) is 0. The molecule has 1 fully saturated rings. The van der Waals surface area contributed by atoms with Crippen LogP contribution >= 0.6 is 0 Å². The normalized spacial score (nSPS) is 33.2. The Bertz CT molecular complexity index is 150. The van der Waals surface area contributed by atoms with E-state index < -0.39 is 0 Å². The molecule has 13 heavy (non-hydrogen) atoms. The zero-order valence-corrected chi connectivity index (χ0v) is 8.31. The Balaban J connectivity index is 2.37. The van der Waals surface area contributed by atoms with Crippen LogP contribution in [0.3, 0.4) is 0 Å². The van der Waals surface area contributed by atoms with Gasteiger partial charge in [0.25, 0.3) is 0 Å². The van der Waals surface area contributed by atoms with Gasteiger partial charge in [0.2, 0.25) is 0 Å². The van der Waals surface area contributed by atoms with Gasteiger partial charge in [0, 0.05) is 19.6 Å². The first-order valence-corrected chi connectivity index (χ1v) is 4.78. The van der Waals surface area contributed by atoms with Crippen LogP contribution in [0.1, 0.15) is 13.8 Å². The fourth-order valence-electron chi connectivity index (χ4n) is 1.76. The maximum Gasteiger partial charge on any atom is 0.0936 e. The number of nitrogens with zero attached hydrogens (tertiary/aromatic N) is 1. The molecule has 3 atom stereocenters. The summed E-state index contributed by atoms with van der Waals surface area (Å²) < 4.78 is 5.47. The molecule has 0 aromatic rings. The van der Waals surface area contributed by atoms with Gasteiger partial charge in [-0.15, -0.1) is 0 Å². The summed E-state index contributed by atoms with van der Waals surface area (Å²) in [6.07, 6.45) is -0.267. The van der Waals surface area contributed by atoms with Crippen molar-refractivity contribution in [3.63, 3.8) is 0 Å². The molecule has 4 heteroatoms. The minimum atomic E-state index is -0.315. The van der Waals surface area contributed by atoms with E-state index in [0.29, 0.717) is 13.1 Å². The van der Waals surface area contributed by atoms with Crippen molar-refractivity contribution in [1.29, 1.82) is 0 Å². The van der Waals surface area contributed by atoms with Crippen LogP contribution in [0.15, 0.2) is 0 Å². The molecule has 4 nitrogen and oxygen atoms in total. The van der Waals surface area contributed by atoms with Gasteiger partial charge in [0.05, 0.1) is 24.9 Å². The van der Waals surface area contributed by atoms with E-state index in [1.54, 1.807) is 6.92 Å². The maximum absolute atomic E-state index is 9.20. The minimum Gasteiger partial charge on any atom is -0.394 e. The Morgan fingerprint density at radius 1 is 1.54 bits per heavy atom. The predicted octanol–water partition coefficient (Wildman–Crippen LogP) is -0.551. The molecule has 1 aliphatic rings. The monoisotopic (exact) mass is 189 g/mol. The lowest BCUT2D eigenvalue weighted by molar-refractivity contribution is -0.100. The quantitative estimate of drug-likeness (QED) is 0.625. The van der Waals surface area contributed by atoms with Crippen LogP contribution in [0.5, 0.6) is 0 Å². The first-order chi connectivity index (χ1) is 6.11. The highest BCUT2D eigenvalue weighted by atomic mass is 16.5. The van der Waals surface area contributed by atoms with E-state index in [-0.39, 0.29) is 24.9 Å². The topological polar surface area (TPSA) is 52.9 Å². The van der Waals surface area contributed by atoms with E-state index >= 15 is 0 Å². The number of β-amino-alcohol motifs (C(OH)–C–C–N with tert-alkyl or cyclic N) is 1. The van der Waals surface area contributed by atoms with Crippen LogP contribution in [0.2, 0.25) is 0 Å². The Kier molecular flexibility index (Phi) is 4.12. The standard InChI is InChI=1S/C9H19NO3/c1-7(12)3-10-4-8(2)13-9(5-10)6-11/h7-9,11-12H,3-6H2,1-2H3/t7-,8?,9?/m1/s1. The van der Waals surface area contributed by atoms with E-state index in [9.17, 15) is 5.11 Å². The van der Waals surface area contributed by atoms with Gasteiger partial charge in [0.1, 0.15) is 0 Å². The Hall–Kier alpha value is -0.160. The molecule has 0 aliphatic carbocycles. The average Bonchev–Trinajstić information content (AvgIpc) is 2.01. The SMILES string of the molecule is CC1CN(C[C@@H](C)O)CC(CO)O1. The number of ether oxygens (including phenoxy) is 1. The van der Waals surface area contributed by atoms with Crippen molar-refractivity contribution in [3.05, 3.63) is 0 Å². The minimum absolute atomic E-state index is 0.0562. The van der Waals surface area contributed by atoms with Crippen LogP contribution in [0.25, 0.3) is 0 Å². The first-order valence-electron chi connectivity index (χ1n) is 4.78. The summed E-state index contributed by atoms with van der Waals surface area (Å²) in [5, 5.41) is 18.2. The number of aliphatic hydroxyl groups is 2. The highest BCUT2D eigenvalue weighted by molar-refractivity contribution is 4.76. The Morgan fingerprint density at radius 2 is 2.23 bits per heavy atom. The predicted molar refractivity (Wildman–Crippen MR) is 49.5 cm³/mol. The van der Waals surface area contributed by atoms with Gasteiger partial charge in [-0.25, -0.2) is 0 Å². The van der Waals surface area contributed by atoms with E-state index in [1.165, 1.54) is 0 Å². The summed E-state index contributed by atoms with van der Waals surface area (Å²) in [6, 6.07) is 0. The fourth-order valence-corrected chi connectivity index (χ4v) is 1.76. The number of rotatable bonds is 3. The van der Waals surface area contributed by atoms with Crippen LogP contribution in [0, 0.1) is 0 Å². The zero-order chi connectivity index (χ0) is 9.84. The van der Waals surface area contributed by atoms with E-state index in [4.69, 9.17) is 9.84 Å². The van der Waals surface area contributed by atoms with Crippen LogP contribution in [-0.4, -0.2) is 59.7 Å². The van der Waals surface area contributed by atoms with E-state index in [0.717, 1.165) is 6.54 Å². The molecule has 0 amide bonds. The molecule has 1 heterocycles. The van der Waals surface area contributed by atoms with Gasteiger partial charge in [0.15, 0.2) is 0 Å². The van der Waals surface area contributed by atoms with Crippen molar-refractivity contribution in [3.8, 4) is 0 Å². The number of morpholine rings is 1. The summed E-state index contributed by atoms with van der Waals surface area (Å²) in [7, 11) is 0. The number of hydrogen-bond acceptors (Lipinski definition) is 4. The molecule has 2 unspecified atom stereocenters. The van der Waals surface area contributed by atoms with Gasteiger partial charge >= 0.3 is 0 Å². The van der Waals surface area contributed by atoms with E-state index in [1.807, 2.05) is 6.92 Å². The molecule has 0 aromatic heterocycles. The molecule has 0 bridgehead atoms. The summed E-state index contributed by atoms with van der Waals surface area (Å²) in [4.78, 5) is 2.12. The Morgan fingerprint density at radius 3 is 2.77 bits per heavy atom. The molecule has 1 rings (SSSR count). The molecule has 2 N–H and O–H groups in total. The largest absolute Gasteiger partial charge is 0.394 e. The zero-order valence-electron chi connectivity index (χ0n) is 8.31. The third kappa shape index (κ3) is 3.60. The molecule has 78 valence electrons. The maximum atomic E-state index is 9.20. The molecule has 0 saturated carbocycles. The average molecular weight is 189 g/mol. The van der Waals surface area contributed by atoms with Gasteiger partial charge in [-0.3, -0.25) is 4.90 Å². The van der Waals surface area contributed by atoms with Crippen molar-refractivity contribution in [2.45, 2.75) is 32.2 Å². The van der Waals surface area contributed by atoms with Crippen LogP contribution in [0.4, 0.5) is 0 Å². The van der Waals surface area contributed by atoms with E-state index in [2.05, 4.69) is 4.90 Å². The van der Waals surface area contributed by atoms with Gasteiger partial charge in [-0.05, 0) is 13.8 Å². The lowest BCUT2D eigenvalue weighted by Gasteiger charge is -2.36. The third-order valence-electron chi connectivity index (χ3n) is 2.13. The smallest absolute Gasteiger partial charge is 0.0936 e. The van der Waals surface area contributed by atoms with Crippen molar-refractivity contribution in [2.24, 2.45) is 0 Å². The van der Waals surface area contributed by atoms with Crippen LogP contribution < -0.4 is 0 Å². The molecule has 1 aliphatic heterocycles. The second-order valence-corrected chi connectivity index (χ2v) is 3.82.